The highest BCUT2D eigenvalue weighted by atomic mass is 19.4. The van der Waals surface area contributed by atoms with Crippen LogP contribution >= 0.6 is 0 Å². The second kappa shape index (κ2) is 8.41. The summed E-state index contributed by atoms with van der Waals surface area (Å²) in [6.07, 6.45) is -4.79. The number of amides is 1. The van der Waals surface area contributed by atoms with Crippen LogP contribution in [-0.2, 0) is 4.74 Å². The number of rotatable bonds is 5. The Morgan fingerprint density at radius 3 is 2.63 bits per heavy atom. The first-order valence-electron chi connectivity index (χ1n) is 8.47. The van der Waals surface area contributed by atoms with Gasteiger partial charge in [-0.25, -0.2) is 0 Å². The first-order chi connectivity index (χ1) is 12.9. The third-order valence-corrected chi connectivity index (χ3v) is 4.04. The molecular formula is C19H19F3N2O3. The molecule has 8 heteroatoms. The molecule has 0 aliphatic carbocycles. The van der Waals surface area contributed by atoms with Crippen LogP contribution in [0.3, 0.4) is 0 Å². The highest BCUT2D eigenvalue weighted by Gasteiger charge is 2.30. The Kier molecular flexibility index (Phi) is 5.98. The predicted molar refractivity (Wildman–Crippen MR) is 93.5 cm³/mol. The van der Waals surface area contributed by atoms with Gasteiger partial charge in [-0.1, -0.05) is 24.3 Å². The third-order valence-electron chi connectivity index (χ3n) is 4.04. The van der Waals surface area contributed by atoms with Crippen LogP contribution in [0.15, 0.2) is 48.5 Å². The summed E-state index contributed by atoms with van der Waals surface area (Å²) in [5.74, 6) is -0.524. The molecule has 1 aliphatic heterocycles. The first-order valence-corrected chi connectivity index (χ1v) is 8.47. The van der Waals surface area contributed by atoms with Crippen molar-refractivity contribution in [1.29, 1.82) is 0 Å². The molecule has 2 N–H and O–H groups in total. The minimum Gasteiger partial charge on any atom is -0.406 e. The van der Waals surface area contributed by atoms with E-state index in [1.807, 2.05) is 0 Å². The zero-order valence-corrected chi connectivity index (χ0v) is 14.4. The van der Waals surface area contributed by atoms with Crippen molar-refractivity contribution in [2.75, 3.05) is 26.2 Å². The predicted octanol–water partition coefficient (Wildman–Crippen LogP) is 2.97. The van der Waals surface area contributed by atoms with E-state index in [9.17, 15) is 18.0 Å². The number of halogens is 3. The third kappa shape index (κ3) is 5.70. The molecule has 1 fully saturated rings. The van der Waals surface area contributed by atoms with Crippen molar-refractivity contribution < 1.29 is 27.4 Å². The Morgan fingerprint density at radius 2 is 1.96 bits per heavy atom. The Morgan fingerprint density at radius 1 is 1.19 bits per heavy atom. The van der Waals surface area contributed by atoms with E-state index < -0.39 is 6.36 Å². The lowest BCUT2D eigenvalue weighted by Crippen LogP contribution is -2.45. The molecule has 1 saturated heterocycles. The SMILES string of the molecule is O=C(NC[C@@H]1CNCCO1)c1cccc(-c2ccc(OC(F)(F)F)cc2)c1. The van der Waals surface area contributed by atoms with Gasteiger partial charge in [0.15, 0.2) is 0 Å². The molecule has 2 aromatic carbocycles. The fourth-order valence-electron chi connectivity index (χ4n) is 2.75. The second-order valence-corrected chi connectivity index (χ2v) is 6.06. The molecule has 5 nitrogen and oxygen atoms in total. The van der Waals surface area contributed by atoms with Crippen molar-refractivity contribution in [2.45, 2.75) is 12.5 Å². The Labute approximate surface area is 154 Å². The topological polar surface area (TPSA) is 59.6 Å². The van der Waals surface area contributed by atoms with Gasteiger partial charge in [-0.15, -0.1) is 13.2 Å². The number of hydrogen-bond acceptors (Lipinski definition) is 4. The average Bonchev–Trinajstić information content (AvgIpc) is 2.66. The molecule has 0 aromatic heterocycles. The quantitative estimate of drug-likeness (QED) is 0.837. The average molecular weight is 380 g/mol. The fourth-order valence-corrected chi connectivity index (χ4v) is 2.75. The number of alkyl halides is 3. The van der Waals surface area contributed by atoms with Gasteiger partial charge in [0, 0.05) is 25.2 Å². The maximum atomic E-state index is 12.3. The van der Waals surface area contributed by atoms with Gasteiger partial charge in [0.25, 0.3) is 5.91 Å². The van der Waals surface area contributed by atoms with Crippen molar-refractivity contribution >= 4 is 5.91 Å². The van der Waals surface area contributed by atoms with Crippen molar-refractivity contribution in [3.63, 3.8) is 0 Å². The minimum atomic E-state index is -4.73. The van der Waals surface area contributed by atoms with Crippen LogP contribution in [0.2, 0.25) is 0 Å². The number of ether oxygens (including phenoxy) is 2. The van der Waals surface area contributed by atoms with E-state index >= 15 is 0 Å². The molecule has 0 bridgehead atoms. The second-order valence-electron chi connectivity index (χ2n) is 6.06. The van der Waals surface area contributed by atoms with Gasteiger partial charge in [0.2, 0.25) is 0 Å². The highest BCUT2D eigenvalue weighted by molar-refractivity contribution is 5.95. The Hall–Kier alpha value is -2.58. The van der Waals surface area contributed by atoms with Gasteiger partial charge < -0.3 is 20.1 Å². The fraction of sp³-hybridized carbons (Fsp3) is 0.316. The maximum Gasteiger partial charge on any atom is 0.573 e. The summed E-state index contributed by atoms with van der Waals surface area (Å²) < 4.78 is 46.1. The molecule has 27 heavy (non-hydrogen) atoms. The van der Waals surface area contributed by atoms with E-state index in [2.05, 4.69) is 15.4 Å². The molecule has 1 aliphatic rings. The molecule has 0 saturated carbocycles. The number of carbonyl (C=O) groups excluding carboxylic acids is 1. The smallest absolute Gasteiger partial charge is 0.406 e. The summed E-state index contributed by atoms with van der Waals surface area (Å²) in [5.41, 5.74) is 1.86. The normalized spacial score (nSPS) is 17.4. The van der Waals surface area contributed by atoms with Gasteiger partial charge in [-0.3, -0.25) is 4.79 Å². The summed E-state index contributed by atoms with van der Waals surface area (Å²) in [6.45, 7) is 2.51. The summed E-state index contributed by atoms with van der Waals surface area (Å²) in [7, 11) is 0. The lowest BCUT2D eigenvalue weighted by Gasteiger charge is -2.23. The highest BCUT2D eigenvalue weighted by Crippen LogP contribution is 2.27. The molecule has 0 radical (unpaired) electrons. The van der Waals surface area contributed by atoms with Crippen molar-refractivity contribution in [1.82, 2.24) is 10.6 Å². The standard InChI is InChI=1S/C19H19F3N2O3/c20-19(21,22)27-16-6-4-13(5-7-16)14-2-1-3-15(10-14)18(25)24-12-17-11-23-8-9-26-17/h1-7,10,17,23H,8-9,11-12H2,(H,24,25)/t17-/m0/s1. The number of benzene rings is 2. The molecule has 3 rings (SSSR count). The zero-order chi connectivity index (χ0) is 19.3. The van der Waals surface area contributed by atoms with E-state index in [1.54, 1.807) is 24.3 Å². The summed E-state index contributed by atoms with van der Waals surface area (Å²) in [4.78, 5) is 12.3. The first kappa shape index (κ1) is 19.2. The van der Waals surface area contributed by atoms with Gasteiger partial charge >= 0.3 is 6.36 Å². The largest absolute Gasteiger partial charge is 0.573 e. The molecule has 0 spiro atoms. The summed E-state index contributed by atoms with van der Waals surface area (Å²) in [6, 6.07) is 12.4. The van der Waals surface area contributed by atoms with Crippen molar-refractivity contribution in [2.24, 2.45) is 0 Å². The van der Waals surface area contributed by atoms with Gasteiger partial charge in [-0.05, 0) is 35.4 Å². The number of nitrogens with one attached hydrogen (secondary N) is 2. The van der Waals surface area contributed by atoms with E-state index in [0.29, 0.717) is 30.8 Å². The Balaban J connectivity index is 1.65. The number of carbonyl (C=O) groups is 1. The zero-order valence-electron chi connectivity index (χ0n) is 14.4. The van der Waals surface area contributed by atoms with Gasteiger partial charge in [-0.2, -0.15) is 0 Å². The van der Waals surface area contributed by atoms with Crippen LogP contribution in [0.5, 0.6) is 5.75 Å². The molecular weight excluding hydrogens is 361 g/mol. The lowest BCUT2D eigenvalue weighted by atomic mass is 10.0. The van der Waals surface area contributed by atoms with E-state index in [4.69, 9.17) is 4.74 Å². The van der Waals surface area contributed by atoms with Crippen LogP contribution in [0.1, 0.15) is 10.4 Å². The molecule has 0 unspecified atom stereocenters. The van der Waals surface area contributed by atoms with Crippen molar-refractivity contribution in [3.05, 3.63) is 54.1 Å². The molecule has 1 heterocycles. The maximum absolute atomic E-state index is 12.3. The summed E-state index contributed by atoms with van der Waals surface area (Å²) >= 11 is 0. The van der Waals surface area contributed by atoms with Crippen LogP contribution in [0, 0.1) is 0 Å². The van der Waals surface area contributed by atoms with E-state index in [1.165, 1.54) is 24.3 Å². The minimum absolute atomic E-state index is 0.0629. The van der Waals surface area contributed by atoms with E-state index in [-0.39, 0.29) is 17.8 Å². The Bertz CT molecular complexity index is 773. The van der Waals surface area contributed by atoms with Crippen LogP contribution in [-0.4, -0.2) is 44.6 Å². The van der Waals surface area contributed by atoms with Gasteiger partial charge in [0.05, 0.1) is 12.7 Å². The molecule has 1 amide bonds. The molecule has 2 aromatic rings. The van der Waals surface area contributed by atoms with Crippen LogP contribution < -0.4 is 15.4 Å². The molecule has 144 valence electrons. The van der Waals surface area contributed by atoms with E-state index in [0.717, 1.165) is 12.1 Å². The molecule has 1 atom stereocenters. The van der Waals surface area contributed by atoms with Crippen LogP contribution in [0.4, 0.5) is 13.2 Å². The number of hydrogen-bond donors (Lipinski definition) is 2. The number of morpholine rings is 1. The van der Waals surface area contributed by atoms with Crippen LogP contribution in [0.25, 0.3) is 11.1 Å². The summed E-state index contributed by atoms with van der Waals surface area (Å²) in [5, 5.41) is 6.02. The lowest BCUT2D eigenvalue weighted by molar-refractivity contribution is -0.274. The monoisotopic (exact) mass is 380 g/mol. The van der Waals surface area contributed by atoms with Gasteiger partial charge in [0.1, 0.15) is 5.75 Å². The van der Waals surface area contributed by atoms with Crippen molar-refractivity contribution in [3.8, 4) is 16.9 Å².